The summed E-state index contributed by atoms with van der Waals surface area (Å²) in [6.07, 6.45) is 0. The van der Waals surface area contributed by atoms with Crippen molar-refractivity contribution in [2.75, 3.05) is 13.7 Å². The fourth-order valence-electron chi connectivity index (χ4n) is 3.23. The summed E-state index contributed by atoms with van der Waals surface area (Å²) in [7, 11) is 1.59. The molecule has 3 aromatic carbocycles. The third kappa shape index (κ3) is 7.14. The molecule has 0 aliphatic rings. The van der Waals surface area contributed by atoms with Crippen molar-refractivity contribution in [1.29, 1.82) is 0 Å². The topological polar surface area (TPSA) is 67.9 Å². The monoisotopic (exact) mass is 500 g/mol. The Hall–Kier alpha value is -3.22. The molecule has 1 atom stereocenters. The van der Waals surface area contributed by atoms with E-state index in [1.54, 1.807) is 50.4 Å². The van der Waals surface area contributed by atoms with Crippen molar-refractivity contribution < 1.29 is 19.1 Å². The van der Waals surface area contributed by atoms with Gasteiger partial charge in [0.15, 0.2) is 6.61 Å². The van der Waals surface area contributed by atoms with E-state index in [1.807, 2.05) is 36.4 Å². The Balaban J connectivity index is 1.71. The summed E-state index contributed by atoms with van der Waals surface area (Å²) in [4.78, 5) is 27.6. The van der Waals surface area contributed by atoms with E-state index in [0.29, 0.717) is 28.1 Å². The molecule has 6 nitrogen and oxygen atoms in total. The Morgan fingerprint density at radius 3 is 2.24 bits per heavy atom. The molecular formula is C26H26Cl2N2O4. The molecule has 0 spiro atoms. The van der Waals surface area contributed by atoms with Gasteiger partial charge in [0, 0.05) is 18.1 Å². The normalized spacial score (nSPS) is 11.4. The Morgan fingerprint density at radius 1 is 0.941 bits per heavy atom. The van der Waals surface area contributed by atoms with Crippen LogP contribution in [0.2, 0.25) is 10.0 Å². The average molecular weight is 501 g/mol. The van der Waals surface area contributed by atoms with Crippen molar-refractivity contribution in [3.05, 3.63) is 94.0 Å². The molecular weight excluding hydrogens is 475 g/mol. The first kappa shape index (κ1) is 25.4. The molecule has 1 N–H and O–H groups in total. The number of para-hydroxylation sites is 1. The number of carbonyl (C=O) groups excluding carboxylic acids is 2. The number of carbonyl (C=O) groups is 2. The summed E-state index contributed by atoms with van der Waals surface area (Å²) in [5.74, 6) is 0.485. The molecule has 0 bridgehead atoms. The highest BCUT2D eigenvalue weighted by Gasteiger charge is 2.26. The summed E-state index contributed by atoms with van der Waals surface area (Å²) in [5.41, 5.74) is 1.75. The molecule has 34 heavy (non-hydrogen) atoms. The third-order valence-corrected chi connectivity index (χ3v) is 5.81. The second kappa shape index (κ2) is 12.3. The summed E-state index contributed by atoms with van der Waals surface area (Å²) in [6, 6.07) is 20.7. The minimum atomic E-state index is -0.739. The van der Waals surface area contributed by atoms with Crippen LogP contribution in [0.3, 0.4) is 0 Å². The molecule has 8 heteroatoms. The number of rotatable bonds is 10. The highest BCUT2D eigenvalue weighted by molar-refractivity contribution is 6.32. The van der Waals surface area contributed by atoms with Crippen LogP contribution in [0.1, 0.15) is 18.1 Å². The SMILES string of the molecule is COc1ccc(CN(C(=O)COc2ccccc2Cl)C(C)C(=O)NCc2ccc(Cl)cc2)cc1. The van der Waals surface area contributed by atoms with Gasteiger partial charge in [-0.2, -0.15) is 0 Å². The van der Waals surface area contributed by atoms with Crippen LogP contribution < -0.4 is 14.8 Å². The zero-order valence-electron chi connectivity index (χ0n) is 19.0. The number of nitrogens with one attached hydrogen (secondary N) is 1. The molecule has 178 valence electrons. The molecule has 0 aliphatic carbocycles. The first-order valence-corrected chi connectivity index (χ1v) is 11.4. The number of halogens is 2. The quantitative estimate of drug-likeness (QED) is 0.419. The molecule has 0 radical (unpaired) electrons. The second-order valence-electron chi connectivity index (χ2n) is 7.61. The van der Waals surface area contributed by atoms with E-state index in [1.165, 1.54) is 4.90 Å². The summed E-state index contributed by atoms with van der Waals surface area (Å²) in [6.45, 7) is 1.98. The lowest BCUT2D eigenvalue weighted by Gasteiger charge is -2.29. The average Bonchev–Trinajstić information content (AvgIpc) is 2.86. The van der Waals surface area contributed by atoms with E-state index in [0.717, 1.165) is 11.1 Å². The first-order valence-electron chi connectivity index (χ1n) is 10.7. The lowest BCUT2D eigenvalue weighted by atomic mass is 10.1. The second-order valence-corrected chi connectivity index (χ2v) is 8.45. The van der Waals surface area contributed by atoms with Crippen molar-refractivity contribution >= 4 is 35.0 Å². The van der Waals surface area contributed by atoms with Crippen LogP contribution in [0.4, 0.5) is 0 Å². The fourth-order valence-corrected chi connectivity index (χ4v) is 3.55. The zero-order chi connectivity index (χ0) is 24.5. The van der Waals surface area contributed by atoms with Gasteiger partial charge in [0.25, 0.3) is 5.91 Å². The van der Waals surface area contributed by atoms with Crippen molar-refractivity contribution in [1.82, 2.24) is 10.2 Å². The maximum Gasteiger partial charge on any atom is 0.261 e. The van der Waals surface area contributed by atoms with Gasteiger partial charge in [-0.3, -0.25) is 9.59 Å². The van der Waals surface area contributed by atoms with Gasteiger partial charge in [-0.15, -0.1) is 0 Å². The zero-order valence-corrected chi connectivity index (χ0v) is 20.5. The predicted molar refractivity (Wildman–Crippen MR) is 133 cm³/mol. The molecule has 0 saturated heterocycles. The smallest absolute Gasteiger partial charge is 0.261 e. The van der Waals surface area contributed by atoms with Crippen LogP contribution in [0.15, 0.2) is 72.8 Å². The van der Waals surface area contributed by atoms with Gasteiger partial charge in [-0.1, -0.05) is 59.6 Å². The summed E-state index contributed by atoms with van der Waals surface area (Å²) >= 11 is 12.1. The molecule has 1 unspecified atom stereocenters. The van der Waals surface area contributed by atoms with E-state index in [2.05, 4.69) is 5.32 Å². The van der Waals surface area contributed by atoms with Gasteiger partial charge in [0.1, 0.15) is 17.5 Å². The van der Waals surface area contributed by atoms with E-state index in [9.17, 15) is 9.59 Å². The van der Waals surface area contributed by atoms with Gasteiger partial charge in [0.05, 0.1) is 12.1 Å². The number of hydrogen-bond donors (Lipinski definition) is 1. The van der Waals surface area contributed by atoms with Gasteiger partial charge in [-0.25, -0.2) is 0 Å². The van der Waals surface area contributed by atoms with E-state index in [4.69, 9.17) is 32.7 Å². The first-order chi connectivity index (χ1) is 16.4. The van der Waals surface area contributed by atoms with Gasteiger partial charge >= 0.3 is 0 Å². The molecule has 0 aliphatic heterocycles. The Morgan fingerprint density at radius 2 is 1.59 bits per heavy atom. The van der Waals surface area contributed by atoms with Crippen LogP contribution in [-0.2, 0) is 22.7 Å². The number of amides is 2. The molecule has 0 saturated carbocycles. The maximum atomic E-state index is 13.2. The molecule has 3 aromatic rings. The Bertz CT molecular complexity index is 1100. The number of benzene rings is 3. The number of nitrogens with zero attached hydrogens (tertiary/aromatic N) is 1. The van der Waals surface area contributed by atoms with E-state index in [-0.39, 0.29) is 25.0 Å². The molecule has 2 amide bonds. The molecule has 3 rings (SSSR count). The van der Waals surface area contributed by atoms with Crippen molar-refractivity contribution in [2.45, 2.75) is 26.1 Å². The third-order valence-electron chi connectivity index (χ3n) is 5.25. The van der Waals surface area contributed by atoms with Crippen LogP contribution >= 0.6 is 23.2 Å². The minimum Gasteiger partial charge on any atom is -0.497 e. The van der Waals surface area contributed by atoms with Crippen LogP contribution in [0.25, 0.3) is 0 Å². The van der Waals surface area contributed by atoms with Gasteiger partial charge < -0.3 is 19.7 Å². The lowest BCUT2D eigenvalue weighted by Crippen LogP contribution is -2.48. The van der Waals surface area contributed by atoms with E-state index >= 15 is 0 Å². The molecule has 0 aromatic heterocycles. The van der Waals surface area contributed by atoms with Crippen molar-refractivity contribution in [3.63, 3.8) is 0 Å². The van der Waals surface area contributed by atoms with Crippen LogP contribution in [0, 0.1) is 0 Å². The van der Waals surface area contributed by atoms with Gasteiger partial charge in [0.2, 0.25) is 5.91 Å². The van der Waals surface area contributed by atoms with E-state index < -0.39 is 6.04 Å². The number of hydrogen-bond acceptors (Lipinski definition) is 4. The minimum absolute atomic E-state index is 0.226. The van der Waals surface area contributed by atoms with Gasteiger partial charge in [-0.05, 0) is 54.4 Å². The Labute approximate surface area is 209 Å². The van der Waals surface area contributed by atoms with Crippen LogP contribution in [0.5, 0.6) is 11.5 Å². The van der Waals surface area contributed by atoms with Crippen molar-refractivity contribution in [2.24, 2.45) is 0 Å². The Kier molecular flexibility index (Phi) is 9.19. The largest absolute Gasteiger partial charge is 0.497 e. The van der Waals surface area contributed by atoms with Crippen molar-refractivity contribution in [3.8, 4) is 11.5 Å². The number of methoxy groups -OCH3 is 1. The van der Waals surface area contributed by atoms with Crippen LogP contribution in [-0.4, -0.2) is 36.5 Å². The standard InChI is InChI=1S/C26H26Cl2N2O4/c1-18(26(32)29-15-19-7-11-21(27)12-8-19)30(16-20-9-13-22(33-2)14-10-20)25(31)17-34-24-6-4-3-5-23(24)28/h3-14,18H,15-17H2,1-2H3,(H,29,32). The summed E-state index contributed by atoms with van der Waals surface area (Å²) < 4.78 is 10.8. The fraction of sp³-hybridized carbons (Fsp3) is 0.231. The lowest BCUT2D eigenvalue weighted by molar-refractivity contribution is -0.142. The predicted octanol–water partition coefficient (Wildman–Crippen LogP) is 5.11. The highest BCUT2D eigenvalue weighted by atomic mass is 35.5. The highest BCUT2D eigenvalue weighted by Crippen LogP contribution is 2.23. The molecule has 0 heterocycles. The number of ether oxygens (including phenoxy) is 2. The maximum absolute atomic E-state index is 13.2. The molecule has 0 fully saturated rings. The summed E-state index contributed by atoms with van der Waals surface area (Å²) in [5, 5.41) is 3.91.